The van der Waals surface area contributed by atoms with E-state index in [-0.39, 0.29) is 34.0 Å². The minimum absolute atomic E-state index is 0.0188. The lowest BCUT2D eigenvalue weighted by atomic mass is 9.46. The summed E-state index contributed by atoms with van der Waals surface area (Å²) in [6, 6.07) is 5.57. The molecule has 6 heteroatoms. The topological polar surface area (TPSA) is 46.2 Å². The number of ketones is 1. The number of hydrogen-bond donors (Lipinski definition) is 1. The smallest absolute Gasteiger partial charge is 0.359 e. The third-order valence-corrected chi connectivity index (χ3v) is 10.2. The van der Waals surface area contributed by atoms with Gasteiger partial charge < -0.3 is 5.32 Å². The van der Waals surface area contributed by atoms with Crippen molar-refractivity contribution in [3.05, 3.63) is 41.0 Å². The summed E-state index contributed by atoms with van der Waals surface area (Å²) in [7, 11) is 1.71. The highest BCUT2D eigenvalue weighted by Crippen LogP contribution is 2.67. The van der Waals surface area contributed by atoms with Crippen molar-refractivity contribution in [2.24, 2.45) is 34.5 Å². The van der Waals surface area contributed by atoms with E-state index >= 15 is 0 Å². The van der Waals surface area contributed by atoms with Crippen molar-refractivity contribution >= 4 is 17.3 Å². The summed E-state index contributed by atoms with van der Waals surface area (Å²) in [5.74, 6) is 1.28. The molecule has 3 saturated carbocycles. The number of carbonyl (C=O) groups is 2. The maximum Gasteiger partial charge on any atom is 0.417 e. The average Bonchev–Trinajstić information content (AvgIpc) is 3.15. The molecule has 1 aromatic carbocycles. The van der Waals surface area contributed by atoms with Crippen molar-refractivity contribution in [2.75, 3.05) is 7.05 Å². The molecule has 0 bridgehead atoms. The minimum atomic E-state index is -4.50. The van der Waals surface area contributed by atoms with Crippen molar-refractivity contribution < 1.29 is 22.8 Å². The first-order valence-corrected chi connectivity index (χ1v) is 12.7. The summed E-state index contributed by atoms with van der Waals surface area (Å²) in [6.45, 7) is 4.49. The van der Waals surface area contributed by atoms with Crippen LogP contribution in [-0.4, -0.2) is 18.7 Å². The number of carbonyl (C=O) groups excluding carboxylic acids is 2. The molecule has 0 heterocycles. The van der Waals surface area contributed by atoms with Crippen LogP contribution in [0.3, 0.4) is 0 Å². The maximum absolute atomic E-state index is 13.9. The number of nitrogens with one attached hydrogen (secondary N) is 1. The van der Waals surface area contributed by atoms with Gasteiger partial charge in [-0.15, -0.1) is 0 Å². The summed E-state index contributed by atoms with van der Waals surface area (Å²) in [6.07, 6.45) is 1.94. The van der Waals surface area contributed by atoms with Crippen LogP contribution in [-0.2, 0) is 15.8 Å². The Kier molecular flexibility index (Phi) is 5.53. The fraction of sp³-hybridized carbons (Fsp3) is 0.643. The van der Waals surface area contributed by atoms with E-state index in [1.165, 1.54) is 12.1 Å². The molecule has 0 unspecified atom stereocenters. The van der Waals surface area contributed by atoms with Gasteiger partial charge in [0.1, 0.15) is 0 Å². The van der Waals surface area contributed by atoms with E-state index in [9.17, 15) is 22.8 Å². The molecular weight excluding hydrogens is 439 g/mol. The van der Waals surface area contributed by atoms with E-state index < -0.39 is 11.7 Å². The number of benzene rings is 1. The third kappa shape index (κ3) is 3.30. The number of allylic oxidation sites excluding steroid dienone is 1. The normalized spacial score (nSPS) is 37.6. The van der Waals surface area contributed by atoms with Crippen molar-refractivity contribution in [3.63, 3.8) is 0 Å². The molecule has 34 heavy (non-hydrogen) atoms. The Labute approximate surface area is 199 Å². The lowest BCUT2D eigenvalue weighted by Crippen LogP contribution is -2.52. The third-order valence-electron chi connectivity index (χ3n) is 10.2. The number of Topliss-reactive ketones (excluding diaryl/α,β-unsaturated/α-hetero) is 1. The molecule has 0 radical (unpaired) electrons. The minimum Gasteiger partial charge on any atom is -0.359 e. The summed E-state index contributed by atoms with van der Waals surface area (Å²) in [4.78, 5) is 25.8. The largest absolute Gasteiger partial charge is 0.417 e. The SMILES string of the molecule is CNC(=O)[C@@H]1CC[C@H]2[C@@H]3CCC4=C(c5ccccc5C(F)(F)F)C(=O)CC[C@]4(C)[C@H]3CC[C@]12C. The van der Waals surface area contributed by atoms with Gasteiger partial charge in [-0.05, 0) is 85.2 Å². The van der Waals surface area contributed by atoms with Crippen LogP contribution in [0.5, 0.6) is 0 Å². The molecule has 1 N–H and O–H groups in total. The fourth-order valence-corrected chi connectivity index (χ4v) is 8.58. The van der Waals surface area contributed by atoms with Crippen molar-refractivity contribution in [1.82, 2.24) is 5.32 Å². The molecular formula is C28H34F3NO2. The summed E-state index contributed by atoms with van der Waals surface area (Å²) in [5, 5.41) is 2.86. The molecule has 6 atom stereocenters. The van der Waals surface area contributed by atoms with Gasteiger partial charge in [-0.25, -0.2) is 0 Å². The second kappa shape index (κ2) is 7.96. The van der Waals surface area contributed by atoms with Crippen LogP contribution in [0.1, 0.15) is 76.3 Å². The number of amides is 1. The number of fused-ring (bicyclic) bond motifs is 5. The molecule has 4 aliphatic rings. The number of hydrogen-bond acceptors (Lipinski definition) is 2. The molecule has 0 saturated heterocycles. The molecule has 1 amide bonds. The van der Waals surface area contributed by atoms with Crippen molar-refractivity contribution in [1.29, 1.82) is 0 Å². The van der Waals surface area contributed by atoms with E-state index in [1.54, 1.807) is 13.1 Å². The van der Waals surface area contributed by atoms with Gasteiger partial charge in [-0.1, -0.05) is 37.6 Å². The van der Waals surface area contributed by atoms with Crippen molar-refractivity contribution in [3.8, 4) is 0 Å². The molecule has 1 aromatic rings. The van der Waals surface area contributed by atoms with E-state index in [0.29, 0.717) is 42.6 Å². The molecule has 3 nitrogen and oxygen atoms in total. The summed E-state index contributed by atoms with van der Waals surface area (Å²) >= 11 is 0. The first kappa shape index (κ1) is 23.6. The van der Waals surface area contributed by atoms with Gasteiger partial charge in [0.15, 0.2) is 5.78 Å². The first-order valence-electron chi connectivity index (χ1n) is 12.7. The first-order chi connectivity index (χ1) is 16.0. The number of alkyl halides is 3. The molecule has 3 fully saturated rings. The van der Waals surface area contributed by atoms with E-state index in [0.717, 1.165) is 43.7 Å². The summed E-state index contributed by atoms with van der Waals surface area (Å²) < 4.78 is 41.6. The number of halogens is 3. The van der Waals surface area contributed by atoms with Gasteiger partial charge in [-0.3, -0.25) is 9.59 Å². The second-order valence-electron chi connectivity index (χ2n) is 11.4. The molecule has 184 valence electrons. The monoisotopic (exact) mass is 473 g/mol. The maximum atomic E-state index is 13.9. The van der Waals surface area contributed by atoms with Crippen LogP contribution in [0.25, 0.3) is 5.57 Å². The highest BCUT2D eigenvalue weighted by atomic mass is 19.4. The van der Waals surface area contributed by atoms with E-state index in [1.807, 2.05) is 0 Å². The van der Waals surface area contributed by atoms with Gasteiger partial charge in [0.05, 0.1) is 5.56 Å². The lowest BCUT2D eigenvalue weighted by molar-refractivity contribution is -0.138. The Balaban J connectivity index is 1.56. The molecule has 0 aliphatic heterocycles. The Morgan fingerprint density at radius 3 is 2.44 bits per heavy atom. The number of rotatable bonds is 2. The molecule has 0 spiro atoms. The predicted octanol–water partition coefficient (Wildman–Crippen LogP) is 6.43. The quantitative estimate of drug-likeness (QED) is 0.538. The van der Waals surface area contributed by atoms with Gasteiger partial charge in [0.2, 0.25) is 5.91 Å². The molecule has 0 aromatic heterocycles. The Morgan fingerprint density at radius 2 is 1.74 bits per heavy atom. The zero-order chi connectivity index (χ0) is 24.5. The molecule has 4 aliphatic carbocycles. The predicted molar refractivity (Wildman–Crippen MR) is 125 cm³/mol. The van der Waals surface area contributed by atoms with Crippen LogP contribution >= 0.6 is 0 Å². The van der Waals surface area contributed by atoms with Crippen LogP contribution < -0.4 is 5.32 Å². The average molecular weight is 474 g/mol. The van der Waals surface area contributed by atoms with Gasteiger partial charge in [0, 0.05) is 25.0 Å². The van der Waals surface area contributed by atoms with Crippen LogP contribution in [0.4, 0.5) is 13.2 Å². The van der Waals surface area contributed by atoms with E-state index in [2.05, 4.69) is 19.2 Å². The Morgan fingerprint density at radius 1 is 1.00 bits per heavy atom. The second-order valence-corrected chi connectivity index (χ2v) is 11.4. The Bertz CT molecular complexity index is 1060. The standard InChI is InChI=1S/C28H34F3NO2/c1-26-15-13-23(33)24(17-6-4-5-7-20(17)28(29,30)31)21(26)9-8-16-18-10-11-22(25(34)32-3)27(18,2)14-12-19(16)26/h4-7,16,18-19,22H,8-15H2,1-3H3,(H,32,34)/t16-,18-,19-,22-,26+,27-/m0/s1. The van der Waals surface area contributed by atoms with Gasteiger partial charge >= 0.3 is 6.18 Å². The summed E-state index contributed by atoms with van der Waals surface area (Å²) in [5.41, 5.74) is 0.347. The van der Waals surface area contributed by atoms with E-state index in [4.69, 9.17) is 0 Å². The van der Waals surface area contributed by atoms with Gasteiger partial charge in [0.25, 0.3) is 0 Å². The fourth-order valence-electron chi connectivity index (χ4n) is 8.58. The van der Waals surface area contributed by atoms with Crippen molar-refractivity contribution in [2.45, 2.75) is 71.4 Å². The van der Waals surface area contributed by atoms with Gasteiger partial charge in [-0.2, -0.15) is 13.2 Å². The van der Waals surface area contributed by atoms with Crippen LogP contribution in [0.2, 0.25) is 0 Å². The van der Waals surface area contributed by atoms with Crippen LogP contribution in [0, 0.1) is 34.5 Å². The molecule has 5 rings (SSSR count). The zero-order valence-electron chi connectivity index (χ0n) is 20.2. The van der Waals surface area contributed by atoms with Crippen LogP contribution in [0.15, 0.2) is 29.8 Å². The highest BCUT2D eigenvalue weighted by molar-refractivity contribution is 6.23. The zero-order valence-corrected chi connectivity index (χ0v) is 20.2. The Hall–Kier alpha value is -2.11. The lowest BCUT2D eigenvalue weighted by Gasteiger charge is -2.58. The highest BCUT2D eigenvalue weighted by Gasteiger charge is 2.60.